The Morgan fingerprint density at radius 2 is 2.00 bits per heavy atom. The second-order valence-corrected chi connectivity index (χ2v) is 5.55. The van der Waals surface area contributed by atoms with Gasteiger partial charge in [-0.25, -0.2) is 8.78 Å². The molecule has 0 fully saturated rings. The zero-order valence-corrected chi connectivity index (χ0v) is 11.6. The van der Waals surface area contributed by atoms with Gasteiger partial charge < -0.3 is 5.32 Å². The van der Waals surface area contributed by atoms with Crippen molar-refractivity contribution in [3.05, 3.63) is 34.8 Å². The fourth-order valence-corrected chi connectivity index (χ4v) is 2.40. The van der Waals surface area contributed by atoms with Gasteiger partial charge in [-0.1, -0.05) is 25.2 Å². The highest BCUT2D eigenvalue weighted by molar-refractivity contribution is 7.14. The Labute approximate surface area is 114 Å². The molecule has 6 heteroatoms. The molecule has 0 bridgehead atoms. The van der Waals surface area contributed by atoms with Gasteiger partial charge in [0, 0.05) is 24.6 Å². The lowest BCUT2D eigenvalue weighted by Gasteiger charge is -2.05. The van der Waals surface area contributed by atoms with Gasteiger partial charge in [-0.05, 0) is 18.2 Å². The molecule has 0 saturated carbocycles. The van der Waals surface area contributed by atoms with Crippen LogP contribution in [-0.4, -0.2) is 22.8 Å². The molecule has 0 unspecified atom stereocenters. The number of aromatic nitrogens is 2. The van der Waals surface area contributed by atoms with Crippen LogP contribution < -0.4 is 5.32 Å². The molecule has 0 atom stereocenters. The van der Waals surface area contributed by atoms with E-state index in [9.17, 15) is 8.78 Å². The van der Waals surface area contributed by atoms with Crippen LogP contribution in [0.2, 0.25) is 0 Å². The van der Waals surface area contributed by atoms with E-state index in [4.69, 9.17) is 0 Å². The summed E-state index contributed by atoms with van der Waals surface area (Å²) in [6.07, 6.45) is 0.777. The smallest absolute Gasteiger partial charge is 0.159 e. The molecule has 0 spiro atoms. The second-order valence-electron chi connectivity index (χ2n) is 4.49. The van der Waals surface area contributed by atoms with Gasteiger partial charge in [0.15, 0.2) is 11.6 Å². The maximum absolute atomic E-state index is 13.1. The number of nitrogens with one attached hydrogen (secondary N) is 1. The SMILES string of the molecule is CC(C)NCCc1nnc(-c2ccc(F)c(F)c2)s1. The molecular formula is C13H15F2N3S. The fourth-order valence-electron chi connectivity index (χ4n) is 1.57. The Morgan fingerprint density at radius 1 is 1.21 bits per heavy atom. The minimum atomic E-state index is -0.865. The van der Waals surface area contributed by atoms with Crippen molar-refractivity contribution >= 4 is 11.3 Å². The molecule has 102 valence electrons. The number of rotatable bonds is 5. The minimum Gasteiger partial charge on any atom is -0.314 e. The van der Waals surface area contributed by atoms with Gasteiger partial charge in [-0.2, -0.15) is 0 Å². The van der Waals surface area contributed by atoms with Crippen molar-refractivity contribution in [2.24, 2.45) is 0 Å². The first-order valence-electron chi connectivity index (χ1n) is 6.07. The van der Waals surface area contributed by atoms with Crippen LogP contribution in [0.1, 0.15) is 18.9 Å². The van der Waals surface area contributed by atoms with E-state index in [1.165, 1.54) is 17.4 Å². The lowest BCUT2D eigenvalue weighted by atomic mass is 10.2. The summed E-state index contributed by atoms with van der Waals surface area (Å²) in [5, 5.41) is 12.8. The Bertz CT molecular complexity index is 555. The third kappa shape index (κ3) is 3.78. The number of nitrogens with zero attached hydrogens (tertiary/aromatic N) is 2. The summed E-state index contributed by atoms with van der Waals surface area (Å²) in [5.41, 5.74) is 0.555. The monoisotopic (exact) mass is 283 g/mol. The van der Waals surface area contributed by atoms with Gasteiger partial charge >= 0.3 is 0 Å². The van der Waals surface area contributed by atoms with Crippen molar-refractivity contribution < 1.29 is 8.78 Å². The Morgan fingerprint density at radius 3 is 2.68 bits per heavy atom. The zero-order valence-electron chi connectivity index (χ0n) is 10.8. The molecule has 1 N–H and O–H groups in total. The lowest BCUT2D eigenvalue weighted by molar-refractivity contribution is 0.509. The summed E-state index contributed by atoms with van der Waals surface area (Å²) in [5.74, 6) is -1.72. The second kappa shape index (κ2) is 6.16. The van der Waals surface area contributed by atoms with Crippen LogP contribution in [0.15, 0.2) is 18.2 Å². The zero-order chi connectivity index (χ0) is 13.8. The van der Waals surface area contributed by atoms with E-state index in [1.54, 1.807) is 0 Å². The summed E-state index contributed by atoms with van der Waals surface area (Å²) in [6, 6.07) is 4.19. The molecule has 0 radical (unpaired) electrons. The number of hydrogen-bond acceptors (Lipinski definition) is 4. The van der Waals surface area contributed by atoms with Crippen molar-refractivity contribution in [1.82, 2.24) is 15.5 Å². The summed E-state index contributed by atoms with van der Waals surface area (Å²) in [6.45, 7) is 4.98. The highest BCUT2D eigenvalue weighted by Crippen LogP contribution is 2.25. The third-order valence-corrected chi connectivity index (χ3v) is 3.56. The van der Waals surface area contributed by atoms with Crippen molar-refractivity contribution in [2.75, 3.05) is 6.54 Å². The van der Waals surface area contributed by atoms with Crippen LogP contribution in [0.25, 0.3) is 10.6 Å². The quantitative estimate of drug-likeness (QED) is 0.916. The maximum atomic E-state index is 13.1. The molecule has 0 amide bonds. The van der Waals surface area contributed by atoms with E-state index in [0.29, 0.717) is 16.6 Å². The average molecular weight is 283 g/mol. The van der Waals surface area contributed by atoms with Gasteiger partial charge in [0.1, 0.15) is 10.0 Å². The first-order valence-corrected chi connectivity index (χ1v) is 6.89. The average Bonchev–Trinajstić information content (AvgIpc) is 2.81. The van der Waals surface area contributed by atoms with Gasteiger partial charge in [-0.15, -0.1) is 10.2 Å². The third-order valence-electron chi connectivity index (χ3n) is 2.52. The fraction of sp³-hybridized carbons (Fsp3) is 0.385. The van der Waals surface area contributed by atoms with E-state index < -0.39 is 11.6 Å². The first kappa shape index (κ1) is 14.0. The summed E-state index contributed by atoms with van der Waals surface area (Å²) in [7, 11) is 0. The largest absolute Gasteiger partial charge is 0.314 e. The van der Waals surface area contributed by atoms with Crippen LogP contribution in [-0.2, 0) is 6.42 Å². The van der Waals surface area contributed by atoms with E-state index in [2.05, 4.69) is 29.4 Å². The number of halogens is 2. The molecule has 1 heterocycles. The van der Waals surface area contributed by atoms with E-state index in [-0.39, 0.29) is 0 Å². The van der Waals surface area contributed by atoms with Crippen molar-refractivity contribution in [3.8, 4) is 10.6 Å². The van der Waals surface area contributed by atoms with E-state index in [0.717, 1.165) is 30.1 Å². The van der Waals surface area contributed by atoms with Gasteiger partial charge in [0.25, 0.3) is 0 Å². The van der Waals surface area contributed by atoms with Gasteiger partial charge in [-0.3, -0.25) is 0 Å². The molecule has 2 aromatic rings. The van der Waals surface area contributed by atoms with Crippen LogP contribution in [0, 0.1) is 11.6 Å². The number of hydrogen-bond donors (Lipinski definition) is 1. The standard InChI is InChI=1S/C13H15F2N3S/c1-8(2)16-6-5-12-17-18-13(19-12)9-3-4-10(14)11(15)7-9/h3-4,7-8,16H,5-6H2,1-2H3. The molecule has 0 aliphatic heterocycles. The predicted molar refractivity (Wildman–Crippen MR) is 72.1 cm³/mol. The highest BCUT2D eigenvalue weighted by atomic mass is 32.1. The maximum Gasteiger partial charge on any atom is 0.159 e. The van der Waals surface area contributed by atoms with E-state index in [1.807, 2.05) is 0 Å². The predicted octanol–water partition coefficient (Wildman–Crippen LogP) is 3.02. The molecule has 0 saturated heterocycles. The highest BCUT2D eigenvalue weighted by Gasteiger charge is 2.09. The van der Waals surface area contributed by atoms with Gasteiger partial charge in [0.2, 0.25) is 0 Å². The van der Waals surface area contributed by atoms with E-state index >= 15 is 0 Å². The molecule has 3 nitrogen and oxygen atoms in total. The molecule has 0 aliphatic carbocycles. The van der Waals surface area contributed by atoms with Gasteiger partial charge in [0.05, 0.1) is 0 Å². The Hall–Kier alpha value is -1.40. The van der Waals surface area contributed by atoms with Crippen LogP contribution in [0.4, 0.5) is 8.78 Å². The van der Waals surface area contributed by atoms with Crippen LogP contribution in [0.5, 0.6) is 0 Å². The molecule has 1 aromatic heterocycles. The summed E-state index contributed by atoms with van der Waals surface area (Å²) < 4.78 is 26.0. The Kier molecular flexibility index (Phi) is 4.55. The van der Waals surface area contributed by atoms with Crippen LogP contribution >= 0.6 is 11.3 Å². The topological polar surface area (TPSA) is 37.8 Å². The number of benzene rings is 1. The molecule has 0 aliphatic rings. The molecule has 2 rings (SSSR count). The normalized spacial score (nSPS) is 11.2. The summed E-state index contributed by atoms with van der Waals surface area (Å²) in [4.78, 5) is 0. The van der Waals surface area contributed by atoms with Crippen LogP contribution in [0.3, 0.4) is 0 Å². The summed E-state index contributed by atoms with van der Waals surface area (Å²) >= 11 is 1.40. The molecule has 1 aromatic carbocycles. The van der Waals surface area contributed by atoms with Crippen molar-refractivity contribution in [1.29, 1.82) is 0 Å². The Balaban J connectivity index is 2.05. The molecule has 19 heavy (non-hydrogen) atoms. The first-order chi connectivity index (χ1) is 9.06. The minimum absolute atomic E-state index is 0.429. The van der Waals surface area contributed by atoms with Crippen molar-refractivity contribution in [3.63, 3.8) is 0 Å². The molecular weight excluding hydrogens is 268 g/mol. The lowest BCUT2D eigenvalue weighted by Crippen LogP contribution is -2.24. The van der Waals surface area contributed by atoms with Crippen molar-refractivity contribution in [2.45, 2.75) is 26.3 Å².